The Morgan fingerprint density at radius 2 is 1.97 bits per heavy atom. The van der Waals surface area contributed by atoms with Gasteiger partial charge in [-0.05, 0) is 67.4 Å². The number of methoxy groups -OCH3 is 2. The highest BCUT2D eigenvalue weighted by Crippen LogP contribution is 2.43. The molecule has 5 rings (SSSR count). The normalized spacial score (nSPS) is 21.8. The van der Waals surface area contributed by atoms with E-state index in [1.54, 1.807) is 32.1 Å². The van der Waals surface area contributed by atoms with Crippen molar-refractivity contribution in [3.05, 3.63) is 52.0 Å². The van der Waals surface area contributed by atoms with Crippen LogP contribution in [0.5, 0.6) is 11.5 Å². The Kier molecular flexibility index (Phi) is 6.60. The number of thiocarbonyl (C=S) groups is 1. The Balaban J connectivity index is 1.27. The minimum Gasteiger partial charge on any atom is -0.493 e. The van der Waals surface area contributed by atoms with Gasteiger partial charge in [-0.25, -0.2) is 9.69 Å². The van der Waals surface area contributed by atoms with Crippen LogP contribution in [0.1, 0.15) is 23.1 Å². The molecular formula is C26H26ClN5O4S. The fourth-order valence-corrected chi connectivity index (χ4v) is 6.08. The molecule has 37 heavy (non-hydrogen) atoms. The quantitative estimate of drug-likeness (QED) is 0.441. The first kappa shape index (κ1) is 25.1. The number of carbonyl (C=O) groups excluding carboxylic acids is 2. The molecule has 3 aliphatic rings. The van der Waals surface area contributed by atoms with Gasteiger partial charge in [-0.3, -0.25) is 4.79 Å². The fraction of sp³-hybridized carbons (Fsp3) is 0.385. The number of nitrogens with one attached hydrogen (secondary N) is 1. The maximum absolute atomic E-state index is 13.5. The molecule has 3 fully saturated rings. The highest BCUT2D eigenvalue weighted by molar-refractivity contribution is 7.80. The lowest BCUT2D eigenvalue weighted by molar-refractivity contribution is -0.120. The first-order chi connectivity index (χ1) is 17.8. The third kappa shape index (κ3) is 4.03. The number of nitrogens with zero attached hydrogens (tertiary/aromatic N) is 4. The van der Waals surface area contributed by atoms with Gasteiger partial charge in [0.15, 0.2) is 16.6 Å². The number of benzene rings is 2. The van der Waals surface area contributed by atoms with Crippen molar-refractivity contribution in [3.63, 3.8) is 0 Å². The Labute approximate surface area is 225 Å². The van der Waals surface area contributed by atoms with Crippen molar-refractivity contribution in [2.24, 2.45) is 0 Å². The van der Waals surface area contributed by atoms with E-state index in [2.05, 4.69) is 5.32 Å². The number of ether oxygens (including phenoxy) is 2. The summed E-state index contributed by atoms with van der Waals surface area (Å²) in [6, 6.07) is 9.72. The van der Waals surface area contributed by atoms with Gasteiger partial charge in [0.2, 0.25) is 0 Å². The SMILES string of the molecule is COc1ccc(CCNC(=S)N2C[C@H]3CC2C2C(=O)N(c4ccc(C#N)c(Cl)c4C)C(=O)N23)cc1OC. The monoisotopic (exact) mass is 539 g/mol. The molecule has 0 saturated carbocycles. The Hall–Kier alpha value is -3.55. The summed E-state index contributed by atoms with van der Waals surface area (Å²) in [6.45, 7) is 2.89. The van der Waals surface area contributed by atoms with Crippen LogP contribution in [0.2, 0.25) is 5.02 Å². The van der Waals surface area contributed by atoms with E-state index in [9.17, 15) is 14.9 Å². The molecule has 2 aromatic rings. The summed E-state index contributed by atoms with van der Waals surface area (Å²) in [7, 11) is 3.21. The molecule has 0 aliphatic carbocycles. The number of imide groups is 1. The highest BCUT2D eigenvalue weighted by Gasteiger charge is 2.62. The first-order valence-corrected chi connectivity index (χ1v) is 12.7. The predicted octanol–water partition coefficient (Wildman–Crippen LogP) is 3.25. The number of fused-ring (bicyclic) bond motifs is 5. The molecule has 3 heterocycles. The number of nitriles is 1. The molecule has 192 valence electrons. The number of anilines is 1. The number of hydrogen-bond donors (Lipinski definition) is 1. The van der Waals surface area contributed by atoms with E-state index in [1.165, 1.54) is 11.0 Å². The van der Waals surface area contributed by atoms with Crippen LogP contribution < -0.4 is 19.7 Å². The maximum atomic E-state index is 13.5. The summed E-state index contributed by atoms with van der Waals surface area (Å²) in [5.41, 5.74) is 2.32. The number of hydrogen-bond acceptors (Lipinski definition) is 6. The van der Waals surface area contributed by atoms with Gasteiger partial charge in [0.05, 0.1) is 42.6 Å². The molecule has 1 N–H and O–H groups in total. The standard InChI is InChI=1S/C26H26ClN5O4S/c1-14-18(6-5-16(12-28)22(14)27)32-24(33)23-19-11-17(31(23)26(32)34)13-30(19)25(37)29-9-8-15-4-7-20(35-2)21(10-15)36-3/h4-7,10,17,19,23H,8-9,11,13H2,1-3H3,(H,29,37)/t17-,19?,23?/m1/s1. The van der Waals surface area contributed by atoms with Gasteiger partial charge in [-0.1, -0.05) is 17.7 Å². The minimum absolute atomic E-state index is 0.101. The van der Waals surface area contributed by atoms with E-state index in [0.717, 1.165) is 12.0 Å². The molecular weight excluding hydrogens is 514 g/mol. The average molecular weight is 540 g/mol. The largest absolute Gasteiger partial charge is 0.493 e. The second-order valence-corrected chi connectivity index (χ2v) is 10.0. The number of likely N-dealkylation sites (tertiary alicyclic amines) is 1. The van der Waals surface area contributed by atoms with Crippen LogP contribution in [-0.4, -0.2) is 72.3 Å². The molecule has 3 aliphatic heterocycles. The molecule has 3 amide bonds. The average Bonchev–Trinajstić information content (AvgIpc) is 3.57. The van der Waals surface area contributed by atoms with Crippen molar-refractivity contribution in [1.82, 2.24) is 15.1 Å². The number of urea groups is 1. The molecule has 3 atom stereocenters. The molecule has 3 saturated heterocycles. The molecule has 2 bridgehead atoms. The van der Waals surface area contributed by atoms with Crippen LogP contribution in [0, 0.1) is 18.3 Å². The second-order valence-electron chi connectivity index (χ2n) is 9.27. The van der Waals surface area contributed by atoms with E-state index in [0.29, 0.717) is 52.9 Å². The van der Waals surface area contributed by atoms with Gasteiger partial charge in [0.25, 0.3) is 5.91 Å². The van der Waals surface area contributed by atoms with E-state index in [-0.39, 0.29) is 29.0 Å². The second kappa shape index (κ2) is 9.72. The van der Waals surface area contributed by atoms with Crippen molar-refractivity contribution in [3.8, 4) is 17.6 Å². The number of halogens is 1. The molecule has 2 aromatic carbocycles. The van der Waals surface area contributed by atoms with E-state index in [4.69, 9.17) is 33.3 Å². The van der Waals surface area contributed by atoms with Crippen molar-refractivity contribution in [2.75, 3.05) is 32.2 Å². The zero-order chi connectivity index (χ0) is 26.4. The van der Waals surface area contributed by atoms with Crippen molar-refractivity contribution >= 4 is 46.6 Å². The van der Waals surface area contributed by atoms with Crippen LogP contribution >= 0.6 is 23.8 Å². The van der Waals surface area contributed by atoms with Crippen LogP contribution in [0.15, 0.2) is 30.3 Å². The summed E-state index contributed by atoms with van der Waals surface area (Å²) < 4.78 is 10.7. The molecule has 0 radical (unpaired) electrons. The van der Waals surface area contributed by atoms with Gasteiger partial charge in [0, 0.05) is 13.1 Å². The lowest BCUT2D eigenvalue weighted by atomic mass is 10.1. The number of carbonyl (C=O) groups is 2. The van der Waals surface area contributed by atoms with Crippen molar-refractivity contribution in [1.29, 1.82) is 5.26 Å². The third-order valence-corrected chi connectivity index (χ3v) is 8.25. The lowest BCUT2D eigenvalue weighted by Crippen LogP contribution is -2.57. The summed E-state index contributed by atoms with van der Waals surface area (Å²) in [6.07, 6.45) is 1.42. The fourth-order valence-electron chi connectivity index (χ4n) is 5.57. The third-order valence-electron chi connectivity index (χ3n) is 7.38. The van der Waals surface area contributed by atoms with Crippen molar-refractivity contribution < 1.29 is 19.1 Å². The lowest BCUT2D eigenvalue weighted by Gasteiger charge is -2.36. The van der Waals surface area contributed by atoms with Gasteiger partial charge in [0.1, 0.15) is 12.1 Å². The maximum Gasteiger partial charge on any atom is 0.332 e. The highest BCUT2D eigenvalue weighted by atomic mass is 35.5. The van der Waals surface area contributed by atoms with E-state index >= 15 is 0 Å². The van der Waals surface area contributed by atoms with E-state index in [1.807, 2.05) is 29.2 Å². The molecule has 11 heteroatoms. The summed E-state index contributed by atoms with van der Waals surface area (Å²) >= 11 is 12.0. The number of piperazine rings is 1. The topological polar surface area (TPSA) is 98.1 Å². The molecule has 9 nitrogen and oxygen atoms in total. The van der Waals surface area contributed by atoms with Gasteiger partial charge >= 0.3 is 6.03 Å². The smallest absolute Gasteiger partial charge is 0.332 e. The summed E-state index contributed by atoms with van der Waals surface area (Å²) in [4.78, 5) is 31.8. The van der Waals surface area contributed by atoms with Crippen LogP contribution in [0.4, 0.5) is 10.5 Å². The number of amides is 3. The zero-order valence-electron chi connectivity index (χ0n) is 20.7. The molecule has 0 aromatic heterocycles. The Morgan fingerprint density at radius 3 is 2.68 bits per heavy atom. The van der Waals surface area contributed by atoms with Crippen molar-refractivity contribution in [2.45, 2.75) is 37.9 Å². The summed E-state index contributed by atoms with van der Waals surface area (Å²) in [5.74, 6) is 1.06. The molecule has 2 unspecified atom stereocenters. The number of rotatable bonds is 6. The van der Waals surface area contributed by atoms with Gasteiger partial charge in [-0.15, -0.1) is 0 Å². The van der Waals surface area contributed by atoms with Gasteiger partial charge in [-0.2, -0.15) is 5.26 Å². The van der Waals surface area contributed by atoms with Crippen LogP contribution in [0.25, 0.3) is 0 Å². The van der Waals surface area contributed by atoms with Crippen LogP contribution in [-0.2, 0) is 11.2 Å². The van der Waals surface area contributed by atoms with E-state index < -0.39 is 6.04 Å². The Morgan fingerprint density at radius 1 is 1.22 bits per heavy atom. The van der Waals surface area contributed by atoms with Gasteiger partial charge < -0.3 is 24.6 Å². The Bertz CT molecular complexity index is 1340. The first-order valence-electron chi connectivity index (χ1n) is 11.9. The summed E-state index contributed by atoms with van der Waals surface area (Å²) in [5, 5.41) is 13.4. The minimum atomic E-state index is -0.606. The van der Waals surface area contributed by atoms with Crippen LogP contribution in [0.3, 0.4) is 0 Å². The molecule has 0 spiro atoms. The predicted molar refractivity (Wildman–Crippen MR) is 142 cm³/mol. The zero-order valence-corrected chi connectivity index (χ0v) is 22.2.